The molecule has 0 saturated heterocycles. The van der Waals surface area contributed by atoms with E-state index in [9.17, 15) is 4.79 Å². The lowest BCUT2D eigenvalue weighted by molar-refractivity contribution is 0.100. The Morgan fingerprint density at radius 1 is 1.33 bits per heavy atom. The first-order valence-corrected chi connectivity index (χ1v) is 4.70. The summed E-state index contributed by atoms with van der Waals surface area (Å²) < 4.78 is 5.04. The highest BCUT2D eigenvalue weighted by molar-refractivity contribution is 6.05. The second kappa shape index (κ2) is 3.69. The van der Waals surface area contributed by atoms with E-state index in [4.69, 9.17) is 4.42 Å². The van der Waals surface area contributed by atoms with Crippen molar-refractivity contribution in [3.05, 3.63) is 53.2 Å². The number of rotatable bonds is 2. The van der Waals surface area contributed by atoms with Crippen molar-refractivity contribution in [1.29, 1.82) is 0 Å². The van der Waals surface area contributed by atoms with Crippen LogP contribution in [0.2, 0.25) is 0 Å². The van der Waals surface area contributed by atoms with Gasteiger partial charge in [-0.2, -0.15) is 0 Å². The smallest absolute Gasteiger partial charge is 0.246 e. The molecule has 2 aromatic rings. The lowest BCUT2D eigenvalue weighted by Gasteiger charge is -2.00. The van der Waals surface area contributed by atoms with Gasteiger partial charge in [-0.05, 0) is 43.7 Å². The minimum absolute atomic E-state index is 0.174. The standard InChI is InChI=1S/C12H11NO2/c1-8-6-9(2)13-10(7-8)12(14)11-4-3-5-15-11/h3-7H,1-2H3. The zero-order valence-corrected chi connectivity index (χ0v) is 8.65. The van der Waals surface area contributed by atoms with Gasteiger partial charge in [0, 0.05) is 5.69 Å². The molecule has 76 valence electrons. The second-order valence-electron chi connectivity index (χ2n) is 3.48. The fourth-order valence-corrected chi connectivity index (χ4v) is 1.49. The van der Waals surface area contributed by atoms with Crippen molar-refractivity contribution >= 4 is 5.78 Å². The number of carbonyl (C=O) groups excluding carboxylic acids is 1. The van der Waals surface area contributed by atoms with Crippen LogP contribution < -0.4 is 0 Å². The van der Waals surface area contributed by atoms with Crippen LogP contribution in [0.3, 0.4) is 0 Å². The van der Waals surface area contributed by atoms with Gasteiger partial charge in [0.1, 0.15) is 5.69 Å². The van der Waals surface area contributed by atoms with Gasteiger partial charge < -0.3 is 4.42 Å². The number of hydrogen-bond acceptors (Lipinski definition) is 3. The third-order valence-corrected chi connectivity index (χ3v) is 2.08. The summed E-state index contributed by atoms with van der Waals surface area (Å²) in [6.45, 7) is 3.81. The molecular formula is C12H11NO2. The zero-order chi connectivity index (χ0) is 10.8. The highest BCUT2D eigenvalue weighted by atomic mass is 16.3. The van der Waals surface area contributed by atoms with Crippen LogP contribution in [0.25, 0.3) is 0 Å². The first kappa shape index (κ1) is 9.65. The van der Waals surface area contributed by atoms with E-state index >= 15 is 0 Å². The lowest BCUT2D eigenvalue weighted by atomic mass is 10.1. The Hall–Kier alpha value is -1.90. The van der Waals surface area contributed by atoms with E-state index in [0.29, 0.717) is 11.5 Å². The largest absolute Gasteiger partial charge is 0.461 e. The first-order valence-electron chi connectivity index (χ1n) is 4.70. The molecule has 0 aliphatic rings. The number of ketones is 1. The van der Waals surface area contributed by atoms with E-state index in [-0.39, 0.29) is 5.78 Å². The van der Waals surface area contributed by atoms with Crippen molar-refractivity contribution in [3.8, 4) is 0 Å². The summed E-state index contributed by atoms with van der Waals surface area (Å²) in [6.07, 6.45) is 1.48. The van der Waals surface area contributed by atoms with E-state index in [0.717, 1.165) is 11.3 Å². The fraction of sp³-hybridized carbons (Fsp3) is 0.167. The van der Waals surface area contributed by atoms with E-state index in [1.807, 2.05) is 19.9 Å². The fourth-order valence-electron chi connectivity index (χ4n) is 1.49. The molecule has 3 heteroatoms. The van der Waals surface area contributed by atoms with Crippen LogP contribution in [0.1, 0.15) is 27.5 Å². The second-order valence-corrected chi connectivity index (χ2v) is 3.48. The van der Waals surface area contributed by atoms with Crippen molar-refractivity contribution in [3.63, 3.8) is 0 Å². The SMILES string of the molecule is Cc1cc(C)nc(C(=O)c2ccco2)c1. The van der Waals surface area contributed by atoms with Gasteiger partial charge in [-0.25, -0.2) is 4.98 Å². The molecule has 0 spiro atoms. The van der Waals surface area contributed by atoms with Gasteiger partial charge in [0.2, 0.25) is 5.78 Å². The molecule has 0 bridgehead atoms. The van der Waals surface area contributed by atoms with Crippen LogP contribution in [0.5, 0.6) is 0 Å². The molecule has 0 saturated carbocycles. The maximum absolute atomic E-state index is 11.9. The Bertz CT molecular complexity index is 466. The Labute approximate surface area is 87.8 Å². The van der Waals surface area contributed by atoms with Crippen molar-refractivity contribution in [2.75, 3.05) is 0 Å². The molecule has 0 atom stereocenters. The summed E-state index contributed by atoms with van der Waals surface area (Å²) in [5.74, 6) is 0.152. The number of furan rings is 1. The highest BCUT2D eigenvalue weighted by Crippen LogP contribution is 2.11. The summed E-state index contributed by atoms with van der Waals surface area (Å²) in [7, 11) is 0. The predicted octanol–water partition coefficient (Wildman–Crippen LogP) is 2.52. The Morgan fingerprint density at radius 2 is 2.13 bits per heavy atom. The van der Waals surface area contributed by atoms with Crippen molar-refractivity contribution in [1.82, 2.24) is 4.98 Å². The summed E-state index contributed by atoms with van der Waals surface area (Å²) in [4.78, 5) is 16.0. The number of pyridine rings is 1. The van der Waals surface area contributed by atoms with Crippen LogP contribution in [0.15, 0.2) is 34.9 Å². The molecule has 0 amide bonds. The van der Waals surface area contributed by atoms with E-state index in [2.05, 4.69) is 4.98 Å². The molecule has 3 nitrogen and oxygen atoms in total. The summed E-state index contributed by atoms with van der Waals surface area (Å²) >= 11 is 0. The van der Waals surface area contributed by atoms with E-state index < -0.39 is 0 Å². The molecule has 0 fully saturated rings. The minimum atomic E-state index is -0.174. The average molecular weight is 201 g/mol. The van der Waals surface area contributed by atoms with E-state index in [1.54, 1.807) is 18.2 Å². The van der Waals surface area contributed by atoms with Crippen molar-refractivity contribution in [2.45, 2.75) is 13.8 Å². The summed E-state index contributed by atoms with van der Waals surface area (Å²) in [5.41, 5.74) is 2.30. The number of carbonyl (C=O) groups is 1. The first-order chi connectivity index (χ1) is 7.16. The monoisotopic (exact) mass is 201 g/mol. The molecular weight excluding hydrogens is 190 g/mol. The van der Waals surface area contributed by atoms with Crippen LogP contribution in [-0.4, -0.2) is 10.8 Å². The van der Waals surface area contributed by atoms with Gasteiger partial charge in [0.05, 0.1) is 6.26 Å². The summed E-state index contributed by atoms with van der Waals surface area (Å²) in [5, 5.41) is 0. The molecule has 0 unspecified atom stereocenters. The molecule has 0 radical (unpaired) electrons. The zero-order valence-electron chi connectivity index (χ0n) is 8.65. The summed E-state index contributed by atoms with van der Waals surface area (Å²) in [6, 6.07) is 7.02. The van der Waals surface area contributed by atoms with Gasteiger partial charge in [-0.3, -0.25) is 4.79 Å². The van der Waals surface area contributed by atoms with Crippen LogP contribution in [-0.2, 0) is 0 Å². The topological polar surface area (TPSA) is 43.1 Å². The van der Waals surface area contributed by atoms with Gasteiger partial charge >= 0.3 is 0 Å². The van der Waals surface area contributed by atoms with Gasteiger partial charge in [0.15, 0.2) is 5.76 Å². The Morgan fingerprint density at radius 3 is 2.73 bits per heavy atom. The maximum Gasteiger partial charge on any atom is 0.246 e. The Balaban J connectivity index is 2.42. The van der Waals surface area contributed by atoms with Crippen LogP contribution in [0.4, 0.5) is 0 Å². The Kier molecular flexibility index (Phi) is 2.37. The van der Waals surface area contributed by atoms with Crippen molar-refractivity contribution in [2.24, 2.45) is 0 Å². The molecule has 15 heavy (non-hydrogen) atoms. The van der Waals surface area contributed by atoms with Crippen LogP contribution in [0, 0.1) is 13.8 Å². The quantitative estimate of drug-likeness (QED) is 0.701. The molecule has 2 aromatic heterocycles. The molecule has 2 rings (SSSR count). The third-order valence-electron chi connectivity index (χ3n) is 2.08. The minimum Gasteiger partial charge on any atom is -0.461 e. The molecule has 0 aliphatic carbocycles. The van der Waals surface area contributed by atoms with Gasteiger partial charge in [-0.1, -0.05) is 0 Å². The van der Waals surface area contributed by atoms with E-state index in [1.165, 1.54) is 6.26 Å². The number of aryl methyl sites for hydroxylation is 2. The van der Waals surface area contributed by atoms with Crippen molar-refractivity contribution < 1.29 is 9.21 Å². The predicted molar refractivity (Wildman–Crippen MR) is 55.9 cm³/mol. The van der Waals surface area contributed by atoms with Gasteiger partial charge in [-0.15, -0.1) is 0 Å². The molecule has 0 aromatic carbocycles. The molecule has 0 aliphatic heterocycles. The lowest BCUT2D eigenvalue weighted by Crippen LogP contribution is -2.04. The third kappa shape index (κ3) is 1.96. The molecule has 2 heterocycles. The highest BCUT2D eigenvalue weighted by Gasteiger charge is 2.13. The number of nitrogens with zero attached hydrogens (tertiary/aromatic N) is 1. The maximum atomic E-state index is 11.9. The normalized spacial score (nSPS) is 10.3. The van der Waals surface area contributed by atoms with Crippen LogP contribution >= 0.6 is 0 Å². The average Bonchev–Trinajstić information content (AvgIpc) is 2.67. The van der Waals surface area contributed by atoms with Gasteiger partial charge in [0.25, 0.3) is 0 Å². The molecule has 0 N–H and O–H groups in total. The number of hydrogen-bond donors (Lipinski definition) is 0. The number of aromatic nitrogens is 1.